The van der Waals surface area contributed by atoms with Crippen molar-refractivity contribution in [1.82, 2.24) is 0 Å². The van der Waals surface area contributed by atoms with Crippen LogP contribution < -0.4 is 4.90 Å². The molecular weight excluding hydrogens is 270 g/mol. The number of nitrogens with zero attached hydrogens (tertiary/aromatic N) is 3. The average Bonchev–Trinajstić information content (AvgIpc) is 2.53. The van der Waals surface area contributed by atoms with Crippen LogP contribution in [0.4, 0.5) is 5.69 Å². The first-order valence-electron chi connectivity index (χ1n) is 7.89. The van der Waals surface area contributed by atoms with Gasteiger partial charge in [0, 0.05) is 17.8 Å². The molecule has 2 atom stereocenters. The molecule has 0 N–H and O–H groups in total. The van der Waals surface area contributed by atoms with Gasteiger partial charge in [0.2, 0.25) is 0 Å². The number of nitriles is 2. The minimum Gasteiger partial charge on any atom is -0.366 e. The van der Waals surface area contributed by atoms with Gasteiger partial charge in [0.25, 0.3) is 0 Å². The van der Waals surface area contributed by atoms with Crippen LogP contribution >= 0.6 is 0 Å². The van der Waals surface area contributed by atoms with Gasteiger partial charge in [-0.1, -0.05) is 19.9 Å². The maximum Gasteiger partial charge on any atom is 0.130 e. The molecule has 2 unspecified atom stereocenters. The van der Waals surface area contributed by atoms with Gasteiger partial charge >= 0.3 is 0 Å². The van der Waals surface area contributed by atoms with Gasteiger partial charge in [0.15, 0.2) is 0 Å². The van der Waals surface area contributed by atoms with Crippen LogP contribution in [0.1, 0.15) is 51.7 Å². The Balaban J connectivity index is 3.23. The minimum atomic E-state index is 0.136. The van der Waals surface area contributed by atoms with Crippen LogP contribution in [0, 0.1) is 29.6 Å². The van der Waals surface area contributed by atoms with Gasteiger partial charge < -0.3 is 4.90 Å². The van der Waals surface area contributed by atoms with Crippen molar-refractivity contribution in [3.63, 3.8) is 0 Å². The SMILES string of the molecule is CCC(C)N(c1ccc(C=C(C#N)C#N)c(C)c1)C(C)CC. The highest BCUT2D eigenvalue weighted by Gasteiger charge is 2.18. The number of benzene rings is 1. The third-order valence-electron chi connectivity index (χ3n) is 4.22. The van der Waals surface area contributed by atoms with E-state index < -0.39 is 0 Å². The summed E-state index contributed by atoms with van der Waals surface area (Å²) < 4.78 is 0. The summed E-state index contributed by atoms with van der Waals surface area (Å²) in [7, 11) is 0. The molecule has 0 aliphatic rings. The molecular formula is C19H25N3. The fourth-order valence-corrected chi connectivity index (χ4v) is 2.56. The third kappa shape index (κ3) is 4.12. The predicted molar refractivity (Wildman–Crippen MR) is 92.4 cm³/mol. The molecule has 0 spiro atoms. The summed E-state index contributed by atoms with van der Waals surface area (Å²) in [6, 6.07) is 11.0. The van der Waals surface area contributed by atoms with E-state index in [4.69, 9.17) is 10.5 Å². The van der Waals surface area contributed by atoms with E-state index in [0.717, 1.165) is 24.0 Å². The molecule has 22 heavy (non-hydrogen) atoms. The van der Waals surface area contributed by atoms with Crippen LogP contribution in [0.2, 0.25) is 0 Å². The van der Waals surface area contributed by atoms with E-state index in [2.05, 4.69) is 44.7 Å². The molecule has 1 aromatic carbocycles. The van der Waals surface area contributed by atoms with E-state index in [-0.39, 0.29) is 5.57 Å². The molecule has 1 aromatic rings. The zero-order valence-corrected chi connectivity index (χ0v) is 14.2. The second kappa shape index (κ2) is 8.25. The van der Waals surface area contributed by atoms with Crippen LogP contribution in [0.3, 0.4) is 0 Å². The topological polar surface area (TPSA) is 50.8 Å². The van der Waals surface area contributed by atoms with Crippen molar-refractivity contribution in [1.29, 1.82) is 10.5 Å². The number of hydrogen-bond acceptors (Lipinski definition) is 3. The Morgan fingerprint density at radius 1 is 1.14 bits per heavy atom. The predicted octanol–water partition coefficient (Wildman–Crippen LogP) is 4.83. The molecule has 0 saturated carbocycles. The van der Waals surface area contributed by atoms with Gasteiger partial charge in [-0.25, -0.2) is 0 Å². The van der Waals surface area contributed by atoms with E-state index in [1.54, 1.807) is 6.08 Å². The Kier molecular flexibility index (Phi) is 6.67. The van der Waals surface area contributed by atoms with Crippen molar-refractivity contribution in [2.24, 2.45) is 0 Å². The van der Waals surface area contributed by atoms with Crippen LogP contribution in [0.15, 0.2) is 23.8 Å². The number of rotatable bonds is 6. The highest BCUT2D eigenvalue weighted by molar-refractivity contribution is 5.67. The highest BCUT2D eigenvalue weighted by atomic mass is 15.2. The smallest absolute Gasteiger partial charge is 0.130 e. The first kappa shape index (κ1) is 17.8. The molecule has 0 saturated heterocycles. The highest BCUT2D eigenvalue weighted by Crippen LogP contribution is 2.26. The van der Waals surface area contributed by atoms with Crippen molar-refractivity contribution in [3.05, 3.63) is 34.9 Å². The van der Waals surface area contributed by atoms with Gasteiger partial charge in [0.1, 0.15) is 17.7 Å². The van der Waals surface area contributed by atoms with Gasteiger partial charge in [-0.3, -0.25) is 0 Å². The third-order valence-corrected chi connectivity index (χ3v) is 4.22. The molecule has 1 rings (SSSR count). The summed E-state index contributed by atoms with van der Waals surface area (Å²) in [6.07, 6.45) is 3.84. The fourth-order valence-electron chi connectivity index (χ4n) is 2.56. The molecule has 0 heterocycles. The fraction of sp³-hybridized carbons (Fsp3) is 0.474. The minimum absolute atomic E-state index is 0.136. The zero-order chi connectivity index (χ0) is 16.7. The summed E-state index contributed by atoms with van der Waals surface area (Å²) >= 11 is 0. The molecule has 0 aromatic heterocycles. The van der Waals surface area contributed by atoms with Gasteiger partial charge in [-0.2, -0.15) is 10.5 Å². The molecule has 3 nitrogen and oxygen atoms in total. The molecule has 0 aliphatic heterocycles. The van der Waals surface area contributed by atoms with E-state index in [1.165, 1.54) is 5.69 Å². The zero-order valence-electron chi connectivity index (χ0n) is 14.2. The largest absolute Gasteiger partial charge is 0.366 e. The van der Waals surface area contributed by atoms with Crippen LogP contribution in [0.25, 0.3) is 6.08 Å². The average molecular weight is 295 g/mol. The lowest BCUT2D eigenvalue weighted by molar-refractivity contribution is 0.527. The molecule has 0 amide bonds. The summed E-state index contributed by atoms with van der Waals surface area (Å²) in [6.45, 7) is 10.9. The van der Waals surface area contributed by atoms with Crippen molar-refractivity contribution < 1.29 is 0 Å². The van der Waals surface area contributed by atoms with Crippen molar-refractivity contribution >= 4 is 11.8 Å². The molecule has 3 heteroatoms. The number of aryl methyl sites for hydroxylation is 1. The first-order valence-corrected chi connectivity index (χ1v) is 7.89. The van der Waals surface area contributed by atoms with Crippen molar-refractivity contribution in [2.45, 2.75) is 59.5 Å². The lowest BCUT2D eigenvalue weighted by atomic mass is 10.0. The van der Waals surface area contributed by atoms with E-state index in [1.807, 2.05) is 25.1 Å². The van der Waals surface area contributed by atoms with E-state index in [0.29, 0.717) is 12.1 Å². The number of hydrogen-bond donors (Lipinski definition) is 0. The Labute approximate surface area is 134 Å². The maximum atomic E-state index is 8.88. The van der Waals surface area contributed by atoms with E-state index in [9.17, 15) is 0 Å². The normalized spacial score (nSPS) is 12.7. The van der Waals surface area contributed by atoms with Crippen LogP contribution in [-0.4, -0.2) is 12.1 Å². The van der Waals surface area contributed by atoms with Gasteiger partial charge in [-0.15, -0.1) is 0 Å². The van der Waals surface area contributed by atoms with Gasteiger partial charge in [-0.05, 0) is 62.9 Å². The molecule has 0 bridgehead atoms. The van der Waals surface area contributed by atoms with Crippen LogP contribution in [-0.2, 0) is 0 Å². The standard InChI is InChI=1S/C19H25N3/c1-6-15(4)22(16(5)7-2)19-9-8-18(14(3)10-19)11-17(12-20)13-21/h8-11,15-16H,6-7H2,1-5H3. The Bertz CT molecular complexity index is 591. The number of anilines is 1. The maximum absolute atomic E-state index is 8.88. The first-order chi connectivity index (χ1) is 10.5. The molecule has 0 radical (unpaired) electrons. The van der Waals surface area contributed by atoms with Crippen LogP contribution in [0.5, 0.6) is 0 Å². The van der Waals surface area contributed by atoms with E-state index >= 15 is 0 Å². The Hall–Kier alpha value is -2.26. The van der Waals surface area contributed by atoms with Crippen molar-refractivity contribution in [2.75, 3.05) is 4.90 Å². The summed E-state index contributed by atoms with van der Waals surface area (Å²) in [5.41, 5.74) is 3.34. The molecule has 0 aliphatic carbocycles. The quantitative estimate of drug-likeness (QED) is 0.706. The second-order valence-electron chi connectivity index (χ2n) is 5.74. The Morgan fingerprint density at radius 2 is 1.68 bits per heavy atom. The summed E-state index contributed by atoms with van der Waals surface area (Å²) in [5, 5.41) is 17.8. The summed E-state index contributed by atoms with van der Waals surface area (Å²) in [5.74, 6) is 0. The summed E-state index contributed by atoms with van der Waals surface area (Å²) in [4.78, 5) is 2.45. The molecule has 116 valence electrons. The van der Waals surface area contributed by atoms with Gasteiger partial charge in [0.05, 0.1) is 0 Å². The lowest BCUT2D eigenvalue weighted by Crippen LogP contribution is -2.39. The number of allylic oxidation sites excluding steroid dienone is 1. The van der Waals surface area contributed by atoms with Crippen molar-refractivity contribution in [3.8, 4) is 12.1 Å². The lowest BCUT2D eigenvalue weighted by Gasteiger charge is -2.36. The Morgan fingerprint density at radius 3 is 2.09 bits per heavy atom. The monoisotopic (exact) mass is 295 g/mol. The second-order valence-corrected chi connectivity index (χ2v) is 5.74. The molecule has 0 fully saturated rings.